The molecule has 0 aromatic rings. The third-order valence-electron chi connectivity index (χ3n) is 3.82. The number of sulfonamides is 1. The molecular formula is C9H13NO3S. The number of hydrogen-bond donors (Lipinski definition) is 1. The predicted molar refractivity (Wildman–Crippen MR) is 49.9 cm³/mol. The van der Waals surface area contributed by atoms with Gasteiger partial charge in [0.2, 0.25) is 15.9 Å². The highest BCUT2D eigenvalue weighted by Gasteiger charge is 2.66. The van der Waals surface area contributed by atoms with Crippen LogP contribution < -0.4 is 4.72 Å². The first-order valence-electron chi connectivity index (χ1n) is 5.11. The van der Waals surface area contributed by atoms with Gasteiger partial charge in [-0.15, -0.1) is 0 Å². The van der Waals surface area contributed by atoms with Crippen molar-refractivity contribution in [3.63, 3.8) is 0 Å². The molecule has 5 heteroatoms. The van der Waals surface area contributed by atoms with E-state index < -0.39 is 10.0 Å². The fourth-order valence-corrected chi connectivity index (χ4v) is 3.75. The van der Waals surface area contributed by atoms with Crippen LogP contribution in [0.5, 0.6) is 0 Å². The molecule has 0 unspecified atom stereocenters. The molecule has 0 heterocycles. The summed E-state index contributed by atoms with van der Waals surface area (Å²) < 4.78 is 25.2. The van der Waals surface area contributed by atoms with Crippen LogP contribution in [0.3, 0.4) is 0 Å². The molecule has 0 aromatic heterocycles. The highest BCUT2D eigenvalue weighted by Crippen LogP contribution is 2.67. The van der Waals surface area contributed by atoms with Crippen molar-refractivity contribution in [1.29, 1.82) is 0 Å². The summed E-state index contributed by atoms with van der Waals surface area (Å²) in [7, 11) is -3.32. The lowest BCUT2D eigenvalue weighted by atomic mass is 9.84. The Morgan fingerprint density at radius 2 is 2.00 bits per heavy atom. The maximum atomic E-state index is 11.6. The van der Waals surface area contributed by atoms with Crippen LogP contribution in [-0.4, -0.2) is 19.6 Å². The van der Waals surface area contributed by atoms with Gasteiger partial charge in [-0.2, -0.15) is 0 Å². The first-order valence-corrected chi connectivity index (χ1v) is 6.65. The number of rotatable bonds is 3. The summed E-state index contributed by atoms with van der Waals surface area (Å²) in [5.74, 6) is 0.248. The molecule has 0 bridgehead atoms. The number of fused-ring (bicyclic) bond motifs is 1. The van der Waals surface area contributed by atoms with Crippen molar-refractivity contribution >= 4 is 15.9 Å². The van der Waals surface area contributed by atoms with Crippen molar-refractivity contribution in [1.82, 2.24) is 4.72 Å². The van der Waals surface area contributed by atoms with Crippen molar-refractivity contribution in [3.8, 4) is 0 Å². The lowest BCUT2D eigenvalue weighted by Gasteiger charge is -2.23. The van der Waals surface area contributed by atoms with E-state index in [1.807, 2.05) is 0 Å². The molecule has 1 N–H and O–H groups in total. The molecule has 3 fully saturated rings. The van der Waals surface area contributed by atoms with E-state index in [1.165, 1.54) is 0 Å². The quantitative estimate of drug-likeness (QED) is 0.741. The van der Waals surface area contributed by atoms with Gasteiger partial charge in [-0.25, -0.2) is 8.42 Å². The lowest BCUT2D eigenvalue weighted by molar-refractivity contribution is -0.127. The van der Waals surface area contributed by atoms with Crippen LogP contribution in [0.2, 0.25) is 0 Å². The van der Waals surface area contributed by atoms with Gasteiger partial charge < -0.3 is 0 Å². The van der Waals surface area contributed by atoms with Crippen LogP contribution >= 0.6 is 0 Å². The molecule has 0 radical (unpaired) electrons. The highest BCUT2D eigenvalue weighted by atomic mass is 32.2. The monoisotopic (exact) mass is 215 g/mol. The normalized spacial score (nSPS) is 39.6. The van der Waals surface area contributed by atoms with Gasteiger partial charge in [0, 0.05) is 0 Å². The van der Waals surface area contributed by atoms with Crippen LogP contribution in [0.15, 0.2) is 0 Å². The summed E-state index contributed by atoms with van der Waals surface area (Å²) in [6, 6.07) is 0. The fraction of sp³-hybridized carbons (Fsp3) is 0.889. The second kappa shape index (κ2) is 2.32. The number of nitrogens with one attached hydrogen (secondary N) is 1. The Hall–Kier alpha value is -0.580. The number of carbonyl (C=O) groups is 1. The molecule has 3 saturated carbocycles. The first-order chi connectivity index (χ1) is 6.55. The Bertz CT molecular complexity index is 394. The molecule has 14 heavy (non-hydrogen) atoms. The minimum Gasteiger partial charge on any atom is -0.273 e. The Morgan fingerprint density at radius 1 is 1.29 bits per heavy atom. The highest BCUT2D eigenvalue weighted by molar-refractivity contribution is 7.90. The summed E-state index contributed by atoms with van der Waals surface area (Å²) in [6.07, 6.45) is 4.29. The van der Waals surface area contributed by atoms with Gasteiger partial charge in [-0.05, 0) is 38.0 Å². The van der Waals surface area contributed by atoms with Crippen LogP contribution in [0.25, 0.3) is 0 Å². The van der Waals surface area contributed by atoms with Gasteiger partial charge in [0.25, 0.3) is 0 Å². The second-order valence-corrected chi connectivity index (χ2v) is 6.73. The van der Waals surface area contributed by atoms with Crippen molar-refractivity contribution in [2.24, 2.45) is 11.3 Å². The molecule has 0 spiro atoms. The van der Waals surface area contributed by atoms with Crippen LogP contribution in [0.4, 0.5) is 0 Å². The zero-order valence-corrected chi connectivity index (χ0v) is 8.64. The molecular weight excluding hydrogens is 202 g/mol. The minimum atomic E-state index is -3.32. The van der Waals surface area contributed by atoms with Crippen LogP contribution in [-0.2, 0) is 14.8 Å². The summed E-state index contributed by atoms with van der Waals surface area (Å²) in [4.78, 5) is 11.6. The molecule has 0 aromatic carbocycles. The largest absolute Gasteiger partial charge is 0.273 e. The summed E-state index contributed by atoms with van der Waals surface area (Å²) >= 11 is 0. The van der Waals surface area contributed by atoms with E-state index in [9.17, 15) is 13.2 Å². The predicted octanol–water partition coefficient (Wildman–Crippen LogP) is 0.395. The van der Waals surface area contributed by atoms with E-state index in [2.05, 4.69) is 4.72 Å². The summed E-state index contributed by atoms with van der Waals surface area (Å²) in [5.41, 5.74) is -0.262. The van der Waals surface area contributed by atoms with Gasteiger partial charge in [0.15, 0.2) is 0 Å². The molecule has 0 saturated heterocycles. The second-order valence-electron chi connectivity index (χ2n) is 4.77. The average molecular weight is 215 g/mol. The number of hydrogen-bond acceptors (Lipinski definition) is 3. The average Bonchev–Trinajstić information content (AvgIpc) is 2.88. The van der Waals surface area contributed by atoms with Gasteiger partial charge in [0.1, 0.15) is 0 Å². The molecule has 4 nitrogen and oxygen atoms in total. The van der Waals surface area contributed by atoms with Crippen molar-refractivity contribution in [2.45, 2.75) is 37.4 Å². The minimum absolute atomic E-state index is 0.236. The van der Waals surface area contributed by atoms with Crippen molar-refractivity contribution < 1.29 is 13.2 Å². The first kappa shape index (κ1) is 8.71. The zero-order chi connectivity index (χ0) is 9.97. The van der Waals surface area contributed by atoms with Crippen LogP contribution in [0, 0.1) is 11.3 Å². The molecule has 3 rings (SSSR count). The third-order valence-corrected chi connectivity index (χ3v) is 5.64. The Labute approximate surface area is 83.1 Å². The van der Waals surface area contributed by atoms with E-state index in [0.29, 0.717) is 18.8 Å². The van der Waals surface area contributed by atoms with Gasteiger partial charge in [-0.1, -0.05) is 0 Å². The SMILES string of the molecule is O=C(NS(=O)(=O)C1CC1)[C@]12CC[C@H]1C2. The molecule has 78 valence electrons. The van der Waals surface area contributed by atoms with Gasteiger partial charge in [0.05, 0.1) is 10.7 Å². The Morgan fingerprint density at radius 3 is 2.36 bits per heavy atom. The number of carbonyl (C=O) groups excluding carboxylic acids is 1. The zero-order valence-electron chi connectivity index (χ0n) is 7.82. The van der Waals surface area contributed by atoms with Gasteiger partial charge in [-0.3, -0.25) is 9.52 Å². The van der Waals surface area contributed by atoms with E-state index in [-0.39, 0.29) is 16.6 Å². The van der Waals surface area contributed by atoms with E-state index in [0.717, 1.165) is 19.3 Å². The summed E-state index contributed by atoms with van der Waals surface area (Å²) in [6.45, 7) is 0. The molecule has 3 aliphatic carbocycles. The van der Waals surface area contributed by atoms with E-state index in [1.54, 1.807) is 0 Å². The smallest absolute Gasteiger partial charge is 0.239 e. The van der Waals surface area contributed by atoms with Crippen LogP contribution in [0.1, 0.15) is 32.1 Å². The molecule has 3 aliphatic rings. The van der Waals surface area contributed by atoms with Crippen molar-refractivity contribution in [2.75, 3.05) is 0 Å². The Kier molecular flexibility index (Phi) is 1.44. The fourth-order valence-electron chi connectivity index (χ4n) is 2.37. The van der Waals surface area contributed by atoms with Crippen molar-refractivity contribution in [3.05, 3.63) is 0 Å². The Balaban J connectivity index is 1.70. The van der Waals surface area contributed by atoms with Gasteiger partial charge >= 0.3 is 0 Å². The molecule has 0 aliphatic heterocycles. The maximum absolute atomic E-state index is 11.6. The van der Waals surface area contributed by atoms with E-state index in [4.69, 9.17) is 0 Å². The topological polar surface area (TPSA) is 63.2 Å². The molecule has 1 amide bonds. The molecule has 2 atom stereocenters. The third kappa shape index (κ3) is 1.05. The lowest BCUT2D eigenvalue weighted by Crippen LogP contribution is -2.41. The van der Waals surface area contributed by atoms with E-state index >= 15 is 0 Å². The summed E-state index contributed by atoms with van der Waals surface area (Å²) in [5, 5.41) is -0.292. The maximum Gasteiger partial charge on any atom is 0.239 e. The standard InChI is InChI=1S/C9H13NO3S/c11-8(9-4-3-6(9)5-9)10-14(12,13)7-1-2-7/h6-7H,1-5H2,(H,10,11)/t6-,9-/m0/s1. The number of amides is 1.